The molecule has 0 N–H and O–H groups in total. The predicted octanol–water partition coefficient (Wildman–Crippen LogP) is 10.6. The highest BCUT2D eigenvalue weighted by Crippen LogP contribution is 2.32. The van der Waals surface area contributed by atoms with Gasteiger partial charge in [-0.3, -0.25) is 0 Å². The van der Waals surface area contributed by atoms with Crippen LogP contribution in [0.2, 0.25) is 0 Å². The highest BCUT2D eigenvalue weighted by Gasteiger charge is 2.45. The van der Waals surface area contributed by atoms with Crippen LogP contribution >= 0.6 is 0 Å². The molecule has 0 rings (SSSR count). The molecule has 0 radical (unpaired) electrons. The molecule has 0 aromatic rings. The third-order valence-electron chi connectivity index (χ3n) is 8.13. The van der Waals surface area contributed by atoms with Crippen molar-refractivity contribution in [1.29, 1.82) is 0 Å². The fraction of sp³-hybridized carbons (Fsp3) is 1.00. The largest absolute Gasteiger partial charge is 0.382 e. The van der Waals surface area contributed by atoms with E-state index in [0.29, 0.717) is 32.3 Å². The number of methoxy groups -OCH3 is 1. The highest BCUT2D eigenvalue weighted by molar-refractivity contribution is 4.76. The molecular formula is C35H72O5. The predicted molar refractivity (Wildman–Crippen MR) is 171 cm³/mol. The second kappa shape index (κ2) is 28.9. The van der Waals surface area contributed by atoms with Crippen molar-refractivity contribution in [2.45, 2.75) is 188 Å². The Bertz CT molecular complexity index is 502. The maximum absolute atomic E-state index is 6.78. The first kappa shape index (κ1) is 39.8. The third-order valence-corrected chi connectivity index (χ3v) is 8.13. The monoisotopic (exact) mass is 573 g/mol. The molecule has 0 aliphatic rings. The number of hydrogen-bond donors (Lipinski definition) is 0. The van der Waals surface area contributed by atoms with Crippen LogP contribution in [0.5, 0.6) is 0 Å². The first-order valence-corrected chi connectivity index (χ1v) is 17.6. The summed E-state index contributed by atoms with van der Waals surface area (Å²) in [6.07, 6.45) is 24.0. The molecule has 4 unspecified atom stereocenters. The van der Waals surface area contributed by atoms with E-state index in [1.165, 1.54) is 89.9 Å². The van der Waals surface area contributed by atoms with Crippen LogP contribution in [-0.2, 0) is 23.7 Å². The normalized spacial score (nSPS) is 15.7. The molecule has 242 valence electrons. The first-order valence-electron chi connectivity index (χ1n) is 17.6. The van der Waals surface area contributed by atoms with E-state index in [0.717, 1.165) is 38.5 Å². The Morgan fingerprint density at radius 1 is 0.550 bits per heavy atom. The maximum Gasteiger partial charge on any atom is 0.311 e. The van der Waals surface area contributed by atoms with E-state index in [4.69, 9.17) is 23.7 Å². The fourth-order valence-corrected chi connectivity index (χ4v) is 5.06. The summed E-state index contributed by atoms with van der Waals surface area (Å²) in [7, 11) is 1.73. The zero-order valence-corrected chi connectivity index (χ0v) is 28.2. The average molecular weight is 573 g/mol. The average Bonchev–Trinajstić information content (AvgIpc) is 2.96. The second-order valence-corrected chi connectivity index (χ2v) is 11.9. The van der Waals surface area contributed by atoms with Gasteiger partial charge in [-0.1, -0.05) is 137 Å². The molecule has 5 nitrogen and oxygen atoms in total. The zero-order chi connectivity index (χ0) is 29.7. The summed E-state index contributed by atoms with van der Waals surface area (Å²) in [5, 5.41) is 0. The first-order chi connectivity index (χ1) is 19.5. The van der Waals surface area contributed by atoms with Gasteiger partial charge in [-0.25, -0.2) is 0 Å². The topological polar surface area (TPSA) is 46.2 Å². The minimum absolute atomic E-state index is 0.0209. The molecule has 0 aliphatic carbocycles. The Hall–Kier alpha value is -0.200. The van der Waals surface area contributed by atoms with Crippen molar-refractivity contribution in [3.63, 3.8) is 0 Å². The lowest BCUT2D eigenvalue weighted by Crippen LogP contribution is -2.54. The molecular weight excluding hydrogens is 500 g/mol. The van der Waals surface area contributed by atoms with E-state index in [1.807, 2.05) is 0 Å². The third kappa shape index (κ3) is 20.6. The Morgan fingerprint density at radius 2 is 1.12 bits per heavy atom. The summed E-state index contributed by atoms with van der Waals surface area (Å²) in [6, 6.07) is 0. The molecule has 0 spiro atoms. The van der Waals surface area contributed by atoms with Crippen LogP contribution in [-0.4, -0.2) is 51.7 Å². The molecule has 0 aromatic heterocycles. The number of unbranched alkanes of at least 4 members (excludes halogenated alkanes) is 13. The lowest BCUT2D eigenvalue weighted by atomic mass is 10.0. The van der Waals surface area contributed by atoms with E-state index < -0.39 is 5.97 Å². The fourth-order valence-electron chi connectivity index (χ4n) is 5.06. The van der Waals surface area contributed by atoms with E-state index in [2.05, 4.69) is 41.5 Å². The van der Waals surface area contributed by atoms with Crippen LogP contribution in [0, 0.1) is 5.92 Å². The summed E-state index contributed by atoms with van der Waals surface area (Å²) in [5.74, 6) is -0.672. The van der Waals surface area contributed by atoms with Crippen LogP contribution in [0.3, 0.4) is 0 Å². The summed E-state index contributed by atoms with van der Waals surface area (Å²) in [5.41, 5.74) is 0. The quantitative estimate of drug-likeness (QED) is 0.0592. The Kier molecular flexibility index (Phi) is 28.8. The van der Waals surface area contributed by atoms with Crippen molar-refractivity contribution in [2.75, 3.05) is 33.5 Å². The molecule has 5 heteroatoms. The van der Waals surface area contributed by atoms with Gasteiger partial charge in [-0.05, 0) is 38.5 Å². The lowest BCUT2D eigenvalue weighted by molar-refractivity contribution is -0.431. The summed E-state index contributed by atoms with van der Waals surface area (Å²) >= 11 is 0. The minimum atomic E-state index is -1.17. The van der Waals surface area contributed by atoms with Crippen LogP contribution in [0.4, 0.5) is 0 Å². The molecule has 0 saturated heterocycles. The van der Waals surface area contributed by atoms with Crippen molar-refractivity contribution in [1.82, 2.24) is 0 Å². The van der Waals surface area contributed by atoms with E-state index in [-0.39, 0.29) is 12.2 Å². The molecule has 0 aromatic carbocycles. The van der Waals surface area contributed by atoms with Gasteiger partial charge in [0.15, 0.2) is 0 Å². The van der Waals surface area contributed by atoms with E-state index >= 15 is 0 Å². The molecule has 0 heterocycles. The summed E-state index contributed by atoms with van der Waals surface area (Å²) in [6.45, 7) is 15.7. The van der Waals surface area contributed by atoms with Gasteiger partial charge in [-0.15, -0.1) is 0 Å². The maximum atomic E-state index is 6.78. The van der Waals surface area contributed by atoms with Crippen LogP contribution in [0.25, 0.3) is 0 Å². The second-order valence-electron chi connectivity index (χ2n) is 11.9. The Balaban J connectivity index is 5.51. The van der Waals surface area contributed by atoms with Gasteiger partial charge in [-0.2, -0.15) is 0 Å². The van der Waals surface area contributed by atoms with Gasteiger partial charge in [0.1, 0.15) is 6.10 Å². The van der Waals surface area contributed by atoms with Gasteiger partial charge in [0.25, 0.3) is 0 Å². The highest BCUT2D eigenvalue weighted by atomic mass is 16.9. The summed E-state index contributed by atoms with van der Waals surface area (Å²) in [4.78, 5) is 0. The molecule has 0 aliphatic heterocycles. The zero-order valence-electron chi connectivity index (χ0n) is 28.2. The van der Waals surface area contributed by atoms with Gasteiger partial charge in [0, 0.05) is 7.11 Å². The molecule has 0 saturated carbocycles. The standard InChI is InChI=1S/C35H72O5/c1-8-13-16-18-19-20-21-22-23-24-27-34(37-30-29-36-7)35(40-32(6)11-4,38-28-25-17-14-9-2)39-31-33(12-5)26-15-10-3/h32-34H,8-31H2,1-7H3. The van der Waals surface area contributed by atoms with Crippen molar-refractivity contribution < 1.29 is 23.7 Å². The molecule has 0 fully saturated rings. The molecule has 40 heavy (non-hydrogen) atoms. The van der Waals surface area contributed by atoms with Gasteiger partial charge in [0.2, 0.25) is 0 Å². The smallest absolute Gasteiger partial charge is 0.311 e. The lowest BCUT2D eigenvalue weighted by Gasteiger charge is -2.41. The Labute approximate surface area is 251 Å². The number of hydrogen-bond acceptors (Lipinski definition) is 5. The van der Waals surface area contributed by atoms with E-state index in [1.54, 1.807) is 7.11 Å². The minimum Gasteiger partial charge on any atom is -0.382 e. The molecule has 4 atom stereocenters. The van der Waals surface area contributed by atoms with Crippen molar-refractivity contribution in [2.24, 2.45) is 5.92 Å². The van der Waals surface area contributed by atoms with Gasteiger partial charge in [0.05, 0.1) is 32.5 Å². The van der Waals surface area contributed by atoms with Crippen LogP contribution in [0.1, 0.15) is 170 Å². The van der Waals surface area contributed by atoms with Crippen molar-refractivity contribution in [3.8, 4) is 0 Å². The molecule has 0 bridgehead atoms. The SMILES string of the molecule is CCCCCCCCCCCCC(OCCOC)C(OCCCCCC)(OCC(CC)CCCC)OC(C)CC. The van der Waals surface area contributed by atoms with Crippen LogP contribution in [0.15, 0.2) is 0 Å². The summed E-state index contributed by atoms with van der Waals surface area (Å²) < 4.78 is 32.0. The molecule has 0 amide bonds. The van der Waals surface area contributed by atoms with Crippen molar-refractivity contribution in [3.05, 3.63) is 0 Å². The Morgan fingerprint density at radius 3 is 1.68 bits per heavy atom. The number of ether oxygens (including phenoxy) is 5. The van der Waals surface area contributed by atoms with Crippen LogP contribution < -0.4 is 0 Å². The number of rotatable bonds is 32. The van der Waals surface area contributed by atoms with Gasteiger partial charge >= 0.3 is 5.97 Å². The van der Waals surface area contributed by atoms with E-state index in [9.17, 15) is 0 Å². The van der Waals surface area contributed by atoms with Crippen molar-refractivity contribution >= 4 is 0 Å². The van der Waals surface area contributed by atoms with Gasteiger partial charge < -0.3 is 23.7 Å².